The molecule has 2 aliphatic rings. The topological polar surface area (TPSA) is 108 Å². The molecule has 0 amide bonds. The molecule has 1 aromatic rings. The number of aliphatic hydroxyl groups is 1. The fourth-order valence-corrected chi connectivity index (χ4v) is 3.33. The number of alkyl halides is 1. The van der Waals surface area contributed by atoms with Gasteiger partial charge in [0.05, 0.1) is 24.3 Å². The minimum absolute atomic E-state index is 0.0756. The fraction of sp³-hybridized carbons (Fsp3) is 0.471. The molecule has 0 radical (unpaired) electrons. The molecule has 1 heterocycles. The van der Waals surface area contributed by atoms with E-state index in [0.717, 1.165) is 12.1 Å². The molecule has 25 heavy (non-hydrogen) atoms. The highest BCUT2D eigenvalue weighted by Crippen LogP contribution is 2.32. The second-order valence-corrected chi connectivity index (χ2v) is 6.43. The van der Waals surface area contributed by atoms with E-state index < -0.39 is 29.6 Å². The van der Waals surface area contributed by atoms with Gasteiger partial charge in [-0.15, -0.1) is 0 Å². The van der Waals surface area contributed by atoms with Crippen molar-refractivity contribution in [1.82, 2.24) is 0 Å². The van der Waals surface area contributed by atoms with Crippen LogP contribution in [0.5, 0.6) is 0 Å². The summed E-state index contributed by atoms with van der Waals surface area (Å²) in [5.41, 5.74) is 6.05. The van der Waals surface area contributed by atoms with Crippen LogP contribution in [-0.4, -0.2) is 52.6 Å². The summed E-state index contributed by atoms with van der Waals surface area (Å²) in [6.45, 7) is 0.318. The summed E-state index contributed by atoms with van der Waals surface area (Å²) in [5, 5.41) is 18.4. The number of aliphatic imine (C=N–C) groups is 2. The monoisotopic (exact) mass is 351 g/mol. The lowest BCUT2D eigenvalue weighted by molar-refractivity contribution is 0.0204. The molecule has 1 aliphatic carbocycles. The number of nitrogens with two attached hydrogens (primary N) is 1. The maximum Gasteiger partial charge on any atom is 0.338 e. The second-order valence-electron chi connectivity index (χ2n) is 6.43. The number of halogens is 2. The molecule has 0 saturated heterocycles. The Kier molecular flexibility index (Phi) is 4.80. The van der Waals surface area contributed by atoms with E-state index in [2.05, 4.69) is 9.98 Å². The summed E-state index contributed by atoms with van der Waals surface area (Å²) < 4.78 is 27.7. The van der Waals surface area contributed by atoms with E-state index in [9.17, 15) is 18.7 Å². The molecular weight excluding hydrogens is 332 g/mol. The molecule has 0 aromatic heterocycles. The average Bonchev–Trinajstić information content (AvgIpc) is 2.57. The normalized spacial score (nSPS) is 29.7. The number of hydrogen-bond donors (Lipinski definition) is 3. The van der Waals surface area contributed by atoms with Gasteiger partial charge in [-0.2, -0.15) is 0 Å². The lowest BCUT2D eigenvalue weighted by atomic mass is 9.81. The first-order valence-electron chi connectivity index (χ1n) is 8.10. The summed E-state index contributed by atoms with van der Waals surface area (Å²) in [6.07, 6.45) is -1.02. The van der Waals surface area contributed by atoms with E-state index in [4.69, 9.17) is 10.8 Å². The third-order valence-electron chi connectivity index (χ3n) is 4.78. The predicted octanol–water partition coefficient (Wildman–Crippen LogP) is 1.55. The van der Waals surface area contributed by atoms with Gasteiger partial charge < -0.3 is 15.9 Å². The number of aliphatic hydroxyl groups excluding tert-OH is 1. The van der Waals surface area contributed by atoms with Gasteiger partial charge in [-0.1, -0.05) is 6.07 Å². The van der Waals surface area contributed by atoms with Crippen molar-refractivity contribution in [3.05, 3.63) is 35.1 Å². The van der Waals surface area contributed by atoms with Crippen LogP contribution in [0.4, 0.5) is 8.78 Å². The Hall–Kier alpha value is -2.35. The molecule has 8 heteroatoms. The van der Waals surface area contributed by atoms with Gasteiger partial charge in [-0.05, 0) is 37.3 Å². The van der Waals surface area contributed by atoms with Gasteiger partial charge >= 0.3 is 5.97 Å². The third-order valence-corrected chi connectivity index (χ3v) is 4.78. The lowest BCUT2D eigenvalue weighted by Gasteiger charge is -2.33. The van der Waals surface area contributed by atoms with E-state index in [1.54, 1.807) is 0 Å². The van der Waals surface area contributed by atoms with Gasteiger partial charge in [0.1, 0.15) is 23.5 Å². The fourth-order valence-electron chi connectivity index (χ4n) is 3.33. The van der Waals surface area contributed by atoms with E-state index in [0.29, 0.717) is 24.9 Å². The maximum atomic E-state index is 13.9. The summed E-state index contributed by atoms with van der Waals surface area (Å²) in [4.78, 5) is 19.7. The summed E-state index contributed by atoms with van der Waals surface area (Å²) in [6, 6.07) is 3.35. The van der Waals surface area contributed by atoms with Crippen LogP contribution in [0.2, 0.25) is 0 Å². The maximum absolute atomic E-state index is 13.9. The number of nitrogens with zero attached hydrogens (tertiary/aromatic N) is 2. The van der Waals surface area contributed by atoms with Crippen LogP contribution in [0.25, 0.3) is 0 Å². The van der Waals surface area contributed by atoms with Crippen LogP contribution in [0.15, 0.2) is 28.2 Å². The standard InChI is InChI=1S/C17H19F2N3O3/c18-11-6-9(1-3-10(11)17(24)25)15-16(20)21-7-13(22-15)8-2-4-14(23)12(19)5-8/h1,3,6,8,12-14,23H,2,4-5,7H2,(H2,20,21)(H,24,25)/t8-,12-,13?,14+/m1/s1. The third kappa shape index (κ3) is 3.53. The van der Waals surface area contributed by atoms with Crippen molar-refractivity contribution in [3.8, 4) is 0 Å². The van der Waals surface area contributed by atoms with Gasteiger partial charge in [-0.25, -0.2) is 13.6 Å². The van der Waals surface area contributed by atoms with Gasteiger partial charge in [0.2, 0.25) is 0 Å². The van der Waals surface area contributed by atoms with Gasteiger partial charge in [0.25, 0.3) is 0 Å². The van der Waals surface area contributed by atoms with Crippen molar-refractivity contribution in [2.24, 2.45) is 21.6 Å². The Balaban J connectivity index is 1.86. The molecule has 1 fully saturated rings. The van der Waals surface area contributed by atoms with Gasteiger partial charge in [0.15, 0.2) is 0 Å². The van der Waals surface area contributed by atoms with Crippen LogP contribution in [0, 0.1) is 11.7 Å². The number of rotatable bonds is 3. The SMILES string of the molecule is NC1=NCC([C@@H]2CC[C@H](O)[C@H](F)C2)N=C1c1ccc(C(=O)O)c(F)c1. The number of benzene rings is 1. The van der Waals surface area contributed by atoms with Crippen molar-refractivity contribution in [3.63, 3.8) is 0 Å². The zero-order valence-corrected chi connectivity index (χ0v) is 13.4. The zero-order chi connectivity index (χ0) is 18.1. The molecule has 1 unspecified atom stereocenters. The van der Waals surface area contributed by atoms with E-state index in [1.807, 2.05) is 0 Å². The molecule has 4 atom stereocenters. The van der Waals surface area contributed by atoms with Gasteiger partial charge in [0, 0.05) is 5.56 Å². The Morgan fingerprint density at radius 3 is 2.72 bits per heavy atom. The van der Waals surface area contributed by atoms with Crippen molar-refractivity contribution in [2.45, 2.75) is 37.6 Å². The summed E-state index contributed by atoms with van der Waals surface area (Å²) in [7, 11) is 0. The zero-order valence-electron chi connectivity index (χ0n) is 13.4. The van der Waals surface area contributed by atoms with Crippen molar-refractivity contribution >= 4 is 17.5 Å². The first kappa shape index (κ1) is 17.5. The Bertz CT molecular complexity index is 751. The van der Waals surface area contributed by atoms with Crippen LogP contribution in [0.1, 0.15) is 35.2 Å². The Labute approximate surface area is 143 Å². The van der Waals surface area contributed by atoms with E-state index in [1.165, 1.54) is 6.07 Å². The molecule has 3 rings (SSSR count). The number of aromatic carboxylic acids is 1. The minimum atomic E-state index is -1.36. The predicted molar refractivity (Wildman–Crippen MR) is 88.4 cm³/mol. The largest absolute Gasteiger partial charge is 0.478 e. The lowest BCUT2D eigenvalue weighted by Crippen LogP contribution is -2.40. The van der Waals surface area contributed by atoms with Crippen LogP contribution in [-0.2, 0) is 0 Å². The number of carboxylic acids is 1. The van der Waals surface area contributed by atoms with Crippen LogP contribution < -0.4 is 5.73 Å². The molecule has 134 valence electrons. The number of carboxylic acid groups (broad SMARTS) is 1. The smallest absolute Gasteiger partial charge is 0.338 e. The molecule has 1 saturated carbocycles. The summed E-state index contributed by atoms with van der Waals surface area (Å²) >= 11 is 0. The molecule has 0 spiro atoms. The second kappa shape index (κ2) is 6.87. The van der Waals surface area contributed by atoms with Crippen molar-refractivity contribution < 1.29 is 23.8 Å². The number of amidine groups is 1. The molecule has 6 nitrogen and oxygen atoms in total. The van der Waals surface area contributed by atoms with E-state index in [-0.39, 0.29) is 29.9 Å². The van der Waals surface area contributed by atoms with E-state index >= 15 is 0 Å². The quantitative estimate of drug-likeness (QED) is 0.768. The number of carbonyl (C=O) groups is 1. The van der Waals surface area contributed by atoms with Gasteiger partial charge in [-0.3, -0.25) is 9.98 Å². The first-order chi connectivity index (χ1) is 11.9. The Morgan fingerprint density at radius 2 is 2.08 bits per heavy atom. The molecule has 1 aromatic carbocycles. The average molecular weight is 351 g/mol. The summed E-state index contributed by atoms with van der Waals surface area (Å²) in [5.74, 6) is -2.17. The Morgan fingerprint density at radius 1 is 1.32 bits per heavy atom. The van der Waals surface area contributed by atoms with Crippen molar-refractivity contribution in [2.75, 3.05) is 6.54 Å². The highest BCUT2D eigenvalue weighted by atomic mass is 19.1. The first-order valence-corrected chi connectivity index (χ1v) is 8.10. The molecular formula is C17H19F2N3O3. The highest BCUT2D eigenvalue weighted by molar-refractivity contribution is 6.47. The number of hydrogen-bond acceptors (Lipinski definition) is 5. The minimum Gasteiger partial charge on any atom is -0.478 e. The molecule has 0 bridgehead atoms. The van der Waals surface area contributed by atoms with Crippen LogP contribution >= 0.6 is 0 Å². The highest BCUT2D eigenvalue weighted by Gasteiger charge is 2.35. The van der Waals surface area contributed by atoms with Crippen molar-refractivity contribution in [1.29, 1.82) is 0 Å². The molecule has 1 aliphatic heterocycles. The molecule has 4 N–H and O–H groups in total. The van der Waals surface area contributed by atoms with Crippen LogP contribution in [0.3, 0.4) is 0 Å².